The number of imide groups is 1. The van der Waals surface area contributed by atoms with Gasteiger partial charge in [0.15, 0.2) is 0 Å². The average Bonchev–Trinajstić information content (AvgIpc) is 3.67. The molecular formula is C27H26N4O4. The van der Waals surface area contributed by atoms with Crippen molar-refractivity contribution in [3.63, 3.8) is 0 Å². The number of amides is 3. The highest BCUT2D eigenvalue weighted by Gasteiger charge is 2.70. The molecule has 0 aliphatic carbocycles. The van der Waals surface area contributed by atoms with Gasteiger partial charge in [-0.2, -0.15) is 0 Å². The van der Waals surface area contributed by atoms with E-state index in [9.17, 15) is 14.4 Å². The maximum absolute atomic E-state index is 13.9. The summed E-state index contributed by atoms with van der Waals surface area (Å²) in [6.07, 6.45) is 4.11. The molecule has 0 radical (unpaired) electrons. The number of benzene rings is 2. The van der Waals surface area contributed by atoms with Crippen LogP contribution in [0.5, 0.6) is 0 Å². The predicted octanol–water partition coefficient (Wildman–Crippen LogP) is 2.31. The second kappa shape index (κ2) is 7.50. The van der Waals surface area contributed by atoms with Gasteiger partial charge in [0.2, 0.25) is 17.7 Å². The number of carbonyl (C=O) groups is 3. The van der Waals surface area contributed by atoms with E-state index in [1.807, 2.05) is 54.7 Å². The number of H-pyrrole nitrogens is 1. The molecule has 35 heavy (non-hydrogen) atoms. The van der Waals surface area contributed by atoms with Gasteiger partial charge < -0.3 is 15.0 Å². The third-order valence-electron chi connectivity index (χ3n) is 8.24. The third-order valence-corrected chi connectivity index (χ3v) is 8.24. The number of aromatic nitrogens is 1. The van der Waals surface area contributed by atoms with E-state index in [1.165, 1.54) is 4.90 Å². The minimum atomic E-state index is -1.27. The number of hydrogen-bond donors (Lipinski definition) is 3. The standard InChI is InChI=1S/C27H26N4O4/c32-24-22-21(12-15-13-28-19-9-3-1-7-17(15)19)30-27(18-8-2-4-10-20(18)29-26(27)34)23(22)25(33)31(24)14-16-6-5-11-35-16/h1-4,7-10,13,16,21-23,28,30H,5-6,11-12,14H2,(H,29,34). The Bertz CT molecular complexity index is 1380. The van der Waals surface area contributed by atoms with Crippen LogP contribution in [0.25, 0.3) is 10.9 Å². The molecule has 3 N–H and O–H groups in total. The summed E-state index contributed by atoms with van der Waals surface area (Å²) in [4.78, 5) is 45.9. The Kier molecular flexibility index (Phi) is 4.47. The van der Waals surface area contributed by atoms with Crippen LogP contribution in [0.3, 0.4) is 0 Å². The fraction of sp³-hybridized carbons (Fsp3) is 0.370. The Hall–Kier alpha value is -3.49. The zero-order valence-electron chi connectivity index (χ0n) is 19.1. The fourth-order valence-corrected chi connectivity index (χ4v) is 6.70. The van der Waals surface area contributed by atoms with Crippen molar-refractivity contribution in [3.8, 4) is 0 Å². The number of para-hydroxylation sites is 2. The van der Waals surface area contributed by atoms with E-state index >= 15 is 0 Å². The van der Waals surface area contributed by atoms with Crippen molar-refractivity contribution in [2.24, 2.45) is 11.8 Å². The van der Waals surface area contributed by atoms with Crippen molar-refractivity contribution >= 4 is 34.3 Å². The molecule has 178 valence electrons. The Balaban J connectivity index is 1.32. The second-order valence-corrected chi connectivity index (χ2v) is 10.0. The van der Waals surface area contributed by atoms with E-state index in [1.54, 1.807) is 0 Å². The lowest BCUT2D eigenvalue weighted by Crippen LogP contribution is -2.54. The molecule has 8 heteroatoms. The number of aromatic amines is 1. The maximum atomic E-state index is 13.9. The van der Waals surface area contributed by atoms with Crippen molar-refractivity contribution in [2.75, 3.05) is 18.5 Å². The molecule has 5 unspecified atom stereocenters. The highest BCUT2D eigenvalue weighted by Crippen LogP contribution is 2.53. The van der Waals surface area contributed by atoms with Crippen LogP contribution in [0.1, 0.15) is 24.0 Å². The van der Waals surface area contributed by atoms with Gasteiger partial charge in [-0.05, 0) is 37.0 Å². The Morgan fingerprint density at radius 3 is 2.71 bits per heavy atom. The summed E-state index contributed by atoms with van der Waals surface area (Å²) < 4.78 is 5.74. The first-order valence-electron chi connectivity index (χ1n) is 12.3. The average molecular weight is 471 g/mol. The Labute approximate surface area is 202 Å². The van der Waals surface area contributed by atoms with Gasteiger partial charge in [-0.3, -0.25) is 24.6 Å². The molecule has 8 nitrogen and oxygen atoms in total. The predicted molar refractivity (Wildman–Crippen MR) is 128 cm³/mol. The number of rotatable bonds is 4. The summed E-state index contributed by atoms with van der Waals surface area (Å²) in [6.45, 7) is 0.905. The lowest BCUT2D eigenvalue weighted by molar-refractivity contribution is -0.144. The van der Waals surface area contributed by atoms with Crippen molar-refractivity contribution < 1.29 is 19.1 Å². The van der Waals surface area contributed by atoms with Crippen LogP contribution in [0.15, 0.2) is 54.7 Å². The SMILES string of the molecule is O=C1C2C(Cc3c[nH]c4ccccc34)NC3(C(=O)Nc4ccccc43)C2C(=O)N1CC1CCCO1. The van der Waals surface area contributed by atoms with E-state index in [0.717, 1.165) is 34.9 Å². The molecule has 0 saturated carbocycles. The summed E-state index contributed by atoms with van der Waals surface area (Å²) in [5.74, 6) is -2.18. The molecule has 5 heterocycles. The zero-order valence-corrected chi connectivity index (χ0v) is 19.1. The maximum Gasteiger partial charge on any atom is 0.250 e. The summed E-state index contributed by atoms with van der Waals surface area (Å²) in [5.41, 5.74) is 2.23. The minimum absolute atomic E-state index is 0.137. The number of nitrogens with one attached hydrogen (secondary N) is 3. The molecule has 3 fully saturated rings. The monoisotopic (exact) mass is 470 g/mol. The summed E-state index contributed by atoms with van der Waals surface area (Å²) in [7, 11) is 0. The molecule has 7 rings (SSSR count). The number of ether oxygens (including phenoxy) is 1. The van der Waals surface area contributed by atoms with Crippen LogP contribution < -0.4 is 10.6 Å². The van der Waals surface area contributed by atoms with Gasteiger partial charge in [0.25, 0.3) is 0 Å². The van der Waals surface area contributed by atoms with E-state index in [2.05, 4.69) is 15.6 Å². The largest absolute Gasteiger partial charge is 0.376 e. The second-order valence-electron chi connectivity index (χ2n) is 10.0. The molecule has 1 spiro atoms. The van der Waals surface area contributed by atoms with Crippen LogP contribution in [-0.4, -0.2) is 52.9 Å². The van der Waals surface area contributed by atoms with Crippen LogP contribution in [0.4, 0.5) is 5.69 Å². The molecule has 4 aliphatic rings. The van der Waals surface area contributed by atoms with Crippen LogP contribution in [-0.2, 0) is 31.1 Å². The van der Waals surface area contributed by atoms with Crippen LogP contribution in [0, 0.1) is 11.8 Å². The van der Waals surface area contributed by atoms with Gasteiger partial charge in [0.1, 0.15) is 5.54 Å². The van der Waals surface area contributed by atoms with Gasteiger partial charge in [0, 0.05) is 41.0 Å². The molecule has 2 aromatic carbocycles. The van der Waals surface area contributed by atoms with E-state index in [4.69, 9.17) is 4.74 Å². The smallest absolute Gasteiger partial charge is 0.250 e. The molecule has 5 atom stereocenters. The van der Waals surface area contributed by atoms with Crippen LogP contribution in [0.2, 0.25) is 0 Å². The van der Waals surface area contributed by atoms with E-state index in [0.29, 0.717) is 18.7 Å². The van der Waals surface area contributed by atoms with Gasteiger partial charge in [-0.15, -0.1) is 0 Å². The van der Waals surface area contributed by atoms with Crippen LogP contribution >= 0.6 is 0 Å². The summed E-state index contributed by atoms with van der Waals surface area (Å²) in [5, 5.41) is 7.57. The van der Waals surface area contributed by atoms with Gasteiger partial charge >= 0.3 is 0 Å². The lowest BCUT2D eigenvalue weighted by atomic mass is 9.76. The number of carbonyl (C=O) groups excluding carboxylic acids is 3. The highest BCUT2D eigenvalue weighted by atomic mass is 16.5. The van der Waals surface area contributed by atoms with E-state index in [-0.39, 0.29) is 36.4 Å². The first-order chi connectivity index (χ1) is 17.1. The van der Waals surface area contributed by atoms with E-state index < -0.39 is 17.4 Å². The number of anilines is 1. The fourth-order valence-electron chi connectivity index (χ4n) is 6.70. The van der Waals surface area contributed by atoms with Crippen molar-refractivity contribution in [1.29, 1.82) is 0 Å². The Morgan fingerprint density at radius 1 is 1.03 bits per heavy atom. The first kappa shape index (κ1) is 20.8. The van der Waals surface area contributed by atoms with Gasteiger partial charge in [0.05, 0.1) is 24.5 Å². The third kappa shape index (κ3) is 2.84. The highest BCUT2D eigenvalue weighted by molar-refractivity contribution is 6.15. The zero-order chi connectivity index (χ0) is 23.7. The van der Waals surface area contributed by atoms with Crippen molar-refractivity contribution in [2.45, 2.75) is 36.9 Å². The lowest BCUT2D eigenvalue weighted by Gasteiger charge is -2.30. The molecule has 3 amide bonds. The number of nitrogens with zero attached hydrogens (tertiary/aromatic N) is 1. The van der Waals surface area contributed by atoms with Crippen molar-refractivity contribution in [3.05, 3.63) is 65.9 Å². The van der Waals surface area contributed by atoms with Crippen molar-refractivity contribution in [1.82, 2.24) is 15.2 Å². The summed E-state index contributed by atoms with van der Waals surface area (Å²) >= 11 is 0. The quantitative estimate of drug-likeness (QED) is 0.508. The van der Waals surface area contributed by atoms with Gasteiger partial charge in [-0.1, -0.05) is 36.4 Å². The molecule has 1 aromatic heterocycles. The molecule has 4 aliphatic heterocycles. The number of hydrogen-bond acceptors (Lipinski definition) is 5. The molecule has 0 bridgehead atoms. The summed E-state index contributed by atoms with van der Waals surface area (Å²) in [6, 6.07) is 15.1. The topological polar surface area (TPSA) is 104 Å². The first-order valence-corrected chi connectivity index (χ1v) is 12.3. The molecular weight excluding hydrogens is 444 g/mol. The Morgan fingerprint density at radius 2 is 1.86 bits per heavy atom. The minimum Gasteiger partial charge on any atom is -0.376 e. The number of likely N-dealkylation sites (tertiary alicyclic amines) is 1. The molecule has 3 saturated heterocycles. The van der Waals surface area contributed by atoms with Gasteiger partial charge in [-0.25, -0.2) is 0 Å². The molecule has 3 aromatic rings. The normalized spacial score (nSPS) is 31.5. The number of fused-ring (bicyclic) bond motifs is 5.